The zero-order chi connectivity index (χ0) is 17.0. The van der Waals surface area contributed by atoms with Gasteiger partial charge in [0.15, 0.2) is 6.29 Å². The summed E-state index contributed by atoms with van der Waals surface area (Å²) in [5.41, 5.74) is -0.681. The molecule has 4 N–H and O–H groups in total. The first kappa shape index (κ1) is 17.5. The van der Waals surface area contributed by atoms with Crippen LogP contribution in [0.5, 0.6) is 0 Å². The van der Waals surface area contributed by atoms with Crippen molar-refractivity contribution in [1.29, 1.82) is 0 Å². The van der Waals surface area contributed by atoms with Gasteiger partial charge in [-0.3, -0.25) is 0 Å². The maximum absolute atomic E-state index is 10.1. The Labute approximate surface area is 136 Å². The number of ether oxygens (including phenoxy) is 3. The first-order chi connectivity index (χ1) is 10.7. The molecule has 3 heterocycles. The van der Waals surface area contributed by atoms with Crippen molar-refractivity contribution in [1.82, 2.24) is 0 Å². The molecule has 0 amide bonds. The zero-order valence-electron chi connectivity index (χ0n) is 13.9. The van der Waals surface area contributed by atoms with Crippen molar-refractivity contribution in [2.24, 2.45) is 5.92 Å². The molecule has 0 aromatic heterocycles. The highest BCUT2D eigenvalue weighted by molar-refractivity contribution is 5.04. The molecule has 8 atom stereocenters. The Balaban J connectivity index is 1.72. The van der Waals surface area contributed by atoms with Crippen LogP contribution in [0.4, 0.5) is 0 Å². The average molecular weight is 332 g/mol. The van der Waals surface area contributed by atoms with E-state index >= 15 is 0 Å². The molecule has 7 heteroatoms. The fraction of sp³-hybridized carbons (Fsp3) is 1.00. The molecule has 4 fully saturated rings. The van der Waals surface area contributed by atoms with Crippen LogP contribution in [0.25, 0.3) is 0 Å². The van der Waals surface area contributed by atoms with E-state index in [2.05, 4.69) is 13.8 Å². The summed E-state index contributed by atoms with van der Waals surface area (Å²) in [4.78, 5) is 0. The van der Waals surface area contributed by atoms with Crippen molar-refractivity contribution in [2.45, 2.75) is 88.0 Å². The van der Waals surface area contributed by atoms with Gasteiger partial charge in [0.25, 0.3) is 0 Å². The highest BCUT2D eigenvalue weighted by Gasteiger charge is 2.56. The van der Waals surface area contributed by atoms with Gasteiger partial charge in [-0.25, -0.2) is 0 Å². The molecular weight excluding hydrogens is 304 g/mol. The highest BCUT2D eigenvalue weighted by Crippen LogP contribution is 2.51. The van der Waals surface area contributed by atoms with E-state index in [1.165, 1.54) is 0 Å². The second-order valence-electron chi connectivity index (χ2n) is 7.81. The van der Waals surface area contributed by atoms with Crippen molar-refractivity contribution >= 4 is 0 Å². The van der Waals surface area contributed by atoms with Crippen LogP contribution in [-0.2, 0) is 14.2 Å². The van der Waals surface area contributed by atoms with E-state index in [1.54, 1.807) is 0 Å². The lowest BCUT2D eigenvalue weighted by molar-refractivity contribution is -0.353. The van der Waals surface area contributed by atoms with Gasteiger partial charge in [0.1, 0.15) is 24.4 Å². The van der Waals surface area contributed by atoms with E-state index in [1.807, 2.05) is 6.92 Å². The molecule has 0 spiro atoms. The molecule has 1 saturated carbocycles. The summed E-state index contributed by atoms with van der Waals surface area (Å²) in [5.74, 6) is 0.360. The Morgan fingerprint density at radius 2 is 1.78 bits per heavy atom. The predicted octanol–water partition coefficient (Wildman–Crippen LogP) is -0.461. The zero-order valence-corrected chi connectivity index (χ0v) is 13.9. The molecular formula is C16H28O7. The number of fused-ring (bicyclic) bond motifs is 3. The molecule has 0 aromatic carbocycles. The molecule has 0 unspecified atom stereocenters. The third kappa shape index (κ3) is 2.93. The molecule has 3 aliphatic heterocycles. The maximum Gasteiger partial charge on any atom is 0.187 e. The standard InChI is InChI=1S/C16H28O7/c1-15(2)8-4-5-16(3,23-15)10(6-8)22-14-13(20)12(19)11(18)9(7-17)21-14/h8-14,17-20H,4-7H2,1-3H3/t8-,9+,10+,11-,12-,13+,14+,16+/m1/s1. The van der Waals surface area contributed by atoms with Crippen molar-refractivity contribution in [2.75, 3.05) is 6.61 Å². The minimum atomic E-state index is -1.42. The third-order valence-corrected chi connectivity index (χ3v) is 5.80. The highest BCUT2D eigenvalue weighted by atomic mass is 16.7. The smallest absolute Gasteiger partial charge is 0.187 e. The number of hydrogen-bond acceptors (Lipinski definition) is 7. The summed E-state index contributed by atoms with van der Waals surface area (Å²) in [6.07, 6.45) is -3.76. The lowest BCUT2D eigenvalue weighted by Gasteiger charge is -2.58. The van der Waals surface area contributed by atoms with Crippen molar-refractivity contribution < 1.29 is 34.6 Å². The lowest BCUT2D eigenvalue weighted by atomic mass is 9.67. The number of aliphatic hydroxyl groups excluding tert-OH is 4. The fourth-order valence-corrected chi connectivity index (χ4v) is 4.22. The maximum atomic E-state index is 10.1. The SMILES string of the molecule is CC1(C)O[C@@]2(C)CC[C@@H]1C[C@@H]2O[C@@H]1O[C@@H](CO)[C@@H](O)[C@@H](O)[C@@H]1O. The third-order valence-electron chi connectivity index (χ3n) is 5.80. The number of rotatable bonds is 3. The van der Waals surface area contributed by atoms with Crippen molar-refractivity contribution in [3.8, 4) is 0 Å². The van der Waals surface area contributed by atoms with Crippen LogP contribution in [-0.4, -0.2) is 75.0 Å². The van der Waals surface area contributed by atoms with Gasteiger partial charge in [-0.1, -0.05) is 0 Å². The van der Waals surface area contributed by atoms with Crippen LogP contribution in [0.1, 0.15) is 40.0 Å². The van der Waals surface area contributed by atoms with Crippen LogP contribution in [0, 0.1) is 5.92 Å². The van der Waals surface area contributed by atoms with Crippen LogP contribution in [0.15, 0.2) is 0 Å². The van der Waals surface area contributed by atoms with Crippen LogP contribution >= 0.6 is 0 Å². The molecule has 4 rings (SSSR count). The molecule has 0 radical (unpaired) electrons. The molecule has 1 aliphatic carbocycles. The normalized spacial score (nSPS) is 52.6. The Morgan fingerprint density at radius 1 is 1.09 bits per heavy atom. The summed E-state index contributed by atoms with van der Waals surface area (Å²) in [5, 5.41) is 39.1. The van der Waals surface area contributed by atoms with Gasteiger partial charge < -0.3 is 34.6 Å². The van der Waals surface area contributed by atoms with Gasteiger partial charge in [0, 0.05) is 0 Å². The summed E-state index contributed by atoms with van der Waals surface area (Å²) >= 11 is 0. The van der Waals surface area contributed by atoms with Crippen LogP contribution in [0.3, 0.4) is 0 Å². The molecule has 4 aliphatic rings. The topological polar surface area (TPSA) is 109 Å². The Kier molecular flexibility index (Phi) is 4.51. The molecule has 3 saturated heterocycles. The first-order valence-electron chi connectivity index (χ1n) is 8.34. The number of hydrogen-bond donors (Lipinski definition) is 4. The minimum Gasteiger partial charge on any atom is -0.394 e. The van der Waals surface area contributed by atoms with E-state index in [-0.39, 0.29) is 11.7 Å². The molecule has 23 heavy (non-hydrogen) atoms. The summed E-state index contributed by atoms with van der Waals surface area (Å²) in [6, 6.07) is 0. The lowest BCUT2D eigenvalue weighted by Crippen LogP contribution is -2.65. The predicted molar refractivity (Wildman–Crippen MR) is 79.6 cm³/mol. The summed E-state index contributed by atoms with van der Waals surface area (Å²) < 4.78 is 17.6. The quantitative estimate of drug-likeness (QED) is 0.554. The Hall–Kier alpha value is -0.280. The minimum absolute atomic E-state index is 0.206. The molecule has 7 nitrogen and oxygen atoms in total. The summed E-state index contributed by atoms with van der Waals surface area (Å²) in [7, 11) is 0. The average Bonchev–Trinajstić information content (AvgIpc) is 2.48. The summed E-state index contributed by atoms with van der Waals surface area (Å²) in [6.45, 7) is 5.70. The second-order valence-corrected chi connectivity index (χ2v) is 7.81. The van der Waals surface area contributed by atoms with Gasteiger partial charge in [-0.2, -0.15) is 0 Å². The van der Waals surface area contributed by atoms with Crippen molar-refractivity contribution in [3.05, 3.63) is 0 Å². The fourth-order valence-electron chi connectivity index (χ4n) is 4.22. The monoisotopic (exact) mass is 332 g/mol. The van der Waals surface area contributed by atoms with Gasteiger partial charge in [-0.05, 0) is 46.0 Å². The van der Waals surface area contributed by atoms with Crippen molar-refractivity contribution in [3.63, 3.8) is 0 Å². The van der Waals surface area contributed by atoms with Crippen LogP contribution < -0.4 is 0 Å². The Morgan fingerprint density at radius 3 is 2.35 bits per heavy atom. The van der Waals surface area contributed by atoms with E-state index in [0.717, 1.165) is 19.3 Å². The number of aliphatic hydroxyl groups is 4. The molecule has 134 valence electrons. The largest absolute Gasteiger partial charge is 0.394 e. The molecule has 2 bridgehead atoms. The first-order valence-corrected chi connectivity index (χ1v) is 8.34. The van der Waals surface area contributed by atoms with Gasteiger partial charge in [0.2, 0.25) is 0 Å². The van der Waals surface area contributed by atoms with Gasteiger partial charge in [-0.15, -0.1) is 0 Å². The van der Waals surface area contributed by atoms with Crippen LogP contribution in [0.2, 0.25) is 0 Å². The van der Waals surface area contributed by atoms with E-state index in [9.17, 15) is 20.4 Å². The Bertz CT molecular complexity index is 440. The molecule has 0 aromatic rings. The van der Waals surface area contributed by atoms with E-state index in [4.69, 9.17) is 14.2 Å². The van der Waals surface area contributed by atoms with Gasteiger partial charge in [0.05, 0.1) is 23.9 Å². The second kappa shape index (κ2) is 5.91. The van der Waals surface area contributed by atoms with E-state index < -0.39 is 42.9 Å². The van der Waals surface area contributed by atoms with E-state index in [0.29, 0.717) is 5.92 Å². The van der Waals surface area contributed by atoms with Gasteiger partial charge >= 0.3 is 0 Å².